The fourth-order valence-electron chi connectivity index (χ4n) is 1.75. The lowest BCUT2D eigenvalue weighted by Crippen LogP contribution is -2.44. The van der Waals surface area contributed by atoms with Gasteiger partial charge in [-0.3, -0.25) is 5.41 Å². The molecule has 70 valence electrons. The Hall–Kier alpha value is -0.530. The van der Waals surface area contributed by atoms with Gasteiger partial charge in [-0.2, -0.15) is 0 Å². The quantitative estimate of drug-likeness (QED) is 0.591. The summed E-state index contributed by atoms with van der Waals surface area (Å²) in [4.78, 5) is 2.24. The number of hydrogen-bond donors (Lipinski definition) is 1. The third-order valence-electron chi connectivity index (χ3n) is 2.43. The molecular weight excluding hydrogens is 148 g/mol. The van der Waals surface area contributed by atoms with Crippen molar-refractivity contribution in [3.8, 4) is 0 Å². The standard InChI is InChI=1S/C10H20N2/c1-10(2,3)12-8-6-4-5-7-9(12)11/h11H,4-8H2,1-3H3. The van der Waals surface area contributed by atoms with Crippen molar-refractivity contribution in [3.05, 3.63) is 0 Å². The minimum atomic E-state index is 0.140. The fraction of sp³-hybridized carbons (Fsp3) is 0.900. The molecule has 1 fully saturated rings. The van der Waals surface area contributed by atoms with Crippen LogP contribution in [-0.4, -0.2) is 22.8 Å². The first kappa shape index (κ1) is 9.56. The van der Waals surface area contributed by atoms with E-state index in [9.17, 15) is 0 Å². The van der Waals surface area contributed by atoms with Gasteiger partial charge in [-0.1, -0.05) is 6.42 Å². The lowest BCUT2D eigenvalue weighted by Gasteiger charge is -2.36. The molecule has 0 unspecified atom stereocenters. The van der Waals surface area contributed by atoms with Crippen LogP contribution in [0.25, 0.3) is 0 Å². The van der Waals surface area contributed by atoms with Crippen molar-refractivity contribution in [2.45, 2.75) is 52.0 Å². The van der Waals surface area contributed by atoms with Crippen LogP contribution in [0.3, 0.4) is 0 Å². The molecule has 1 rings (SSSR count). The van der Waals surface area contributed by atoms with Crippen LogP contribution < -0.4 is 0 Å². The highest BCUT2D eigenvalue weighted by atomic mass is 15.2. The van der Waals surface area contributed by atoms with Crippen molar-refractivity contribution in [1.82, 2.24) is 4.90 Å². The van der Waals surface area contributed by atoms with Crippen LogP contribution in [0.15, 0.2) is 0 Å². The maximum Gasteiger partial charge on any atom is 0.0961 e. The highest BCUT2D eigenvalue weighted by molar-refractivity contribution is 5.80. The Morgan fingerprint density at radius 3 is 2.42 bits per heavy atom. The minimum absolute atomic E-state index is 0.140. The van der Waals surface area contributed by atoms with Gasteiger partial charge in [-0.05, 0) is 33.6 Å². The molecule has 2 heteroatoms. The van der Waals surface area contributed by atoms with E-state index >= 15 is 0 Å². The van der Waals surface area contributed by atoms with E-state index in [0.29, 0.717) is 0 Å². The van der Waals surface area contributed by atoms with Crippen LogP contribution in [0, 0.1) is 5.41 Å². The van der Waals surface area contributed by atoms with Crippen LogP contribution in [-0.2, 0) is 0 Å². The lowest BCUT2D eigenvalue weighted by atomic mass is 10.1. The maximum absolute atomic E-state index is 7.87. The minimum Gasteiger partial charge on any atom is -0.356 e. The highest BCUT2D eigenvalue weighted by Crippen LogP contribution is 2.20. The van der Waals surface area contributed by atoms with Gasteiger partial charge in [0, 0.05) is 18.5 Å². The van der Waals surface area contributed by atoms with Gasteiger partial charge >= 0.3 is 0 Å². The zero-order valence-electron chi connectivity index (χ0n) is 8.48. The fourth-order valence-corrected chi connectivity index (χ4v) is 1.75. The summed E-state index contributed by atoms with van der Waals surface area (Å²) in [5, 5.41) is 7.87. The van der Waals surface area contributed by atoms with Crippen LogP contribution in [0.5, 0.6) is 0 Å². The molecule has 1 heterocycles. The van der Waals surface area contributed by atoms with Crippen molar-refractivity contribution in [3.63, 3.8) is 0 Å². The first-order valence-corrected chi connectivity index (χ1v) is 4.87. The molecule has 0 radical (unpaired) electrons. The van der Waals surface area contributed by atoms with Crippen LogP contribution >= 0.6 is 0 Å². The molecule has 1 aliphatic rings. The first-order chi connectivity index (χ1) is 5.52. The number of rotatable bonds is 0. The number of nitrogens with zero attached hydrogens (tertiary/aromatic N) is 1. The van der Waals surface area contributed by atoms with E-state index in [4.69, 9.17) is 5.41 Å². The van der Waals surface area contributed by atoms with E-state index in [1.807, 2.05) is 0 Å². The normalized spacial score (nSPS) is 20.9. The Kier molecular flexibility index (Phi) is 2.76. The van der Waals surface area contributed by atoms with E-state index in [0.717, 1.165) is 18.8 Å². The molecule has 0 aromatic rings. The number of likely N-dealkylation sites (tertiary alicyclic amines) is 1. The lowest BCUT2D eigenvalue weighted by molar-refractivity contribution is 0.234. The Labute approximate surface area is 75.5 Å². The summed E-state index contributed by atoms with van der Waals surface area (Å²) in [6.07, 6.45) is 4.71. The average Bonchev–Trinajstić information content (AvgIpc) is 2.11. The SMILES string of the molecule is CC(C)(C)N1CCCCCC1=N. The second-order valence-corrected chi connectivity index (χ2v) is 4.58. The molecule has 1 N–H and O–H groups in total. The molecule has 0 aliphatic carbocycles. The van der Waals surface area contributed by atoms with E-state index in [2.05, 4.69) is 25.7 Å². The van der Waals surface area contributed by atoms with Crippen molar-refractivity contribution < 1.29 is 0 Å². The highest BCUT2D eigenvalue weighted by Gasteiger charge is 2.24. The summed E-state index contributed by atoms with van der Waals surface area (Å²) in [5.74, 6) is 0.833. The third-order valence-corrected chi connectivity index (χ3v) is 2.43. The predicted molar refractivity (Wildman–Crippen MR) is 52.7 cm³/mol. The summed E-state index contributed by atoms with van der Waals surface area (Å²) < 4.78 is 0. The van der Waals surface area contributed by atoms with Crippen molar-refractivity contribution in [2.75, 3.05) is 6.54 Å². The van der Waals surface area contributed by atoms with Gasteiger partial charge in [0.05, 0.1) is 5.84 Å². The van der Waals surface area contributed by atoms with Gasteiger partial charge in [-0.15, -0.1) is 0 Å². The van der Waals surface area contributed by atoms with Crippen LogP contribution in [0.4, 0.5) is 0 Å². The smallest absolute Gasteiger partial charge is 0.0961 e. The molecule has 1 aliphatic heterocycles. The van der Waals surface area contributed by atoms with Gasteiger partial charge in [-0.25, -0.2) is 0 Å². The van der Waals surface area contributed by atoms with Crippen LogP contribution in [0.2, 0.25) is 0 Å². The van der Waals surface area contributed by atoms with Gasteiger partial charge in [0.15, 0.2) is 0 Å². The Morgan fingerprint density at radius 2 is 1.83 bits per heavy atom. The Balaban J connectivity index is 2.66. The Morgan fingerprint density at radius 1 is 1.17 bits per heavy atom. The van der Waals surface area contributed by atoms with E-state index in [1.165, 1.54) is 19.3 Å². The van der Waals surface area contributed by atoms with E-state index in [-0.39, 0.29) is 5.54 Å². The Bertz CT molecular complexity index is 167. The second-order valence-electron chi connectivity index (χ2n) is 4.58. The van der Waals surface area contributed by atoms with Crippen molar-refractivity contribution in [2.24, 2.45) is 0 Å². The van der Waals surface area contributed by atoms with Gasteiger partial charge in [0.1, 0.15) is 0 Å². The average molecular weight is 168 g/mol. The maximum atomic E-state index is 7.87. The molecule has 0 saturated carbocycles. The largest absolute Gasteiger partial charge is 0.356 e. The zero-order chi connectivity index (χ0) is 9.19. The van der Waals surface area contributed by atoms with Crippen molar-refractivity contribution >= 4 is 5.84 Å². The van der Waals surface area contributed by atoms with Gasteiger partial charge in [0.25, 0.3) is 0 Å². The van der Waals surface area contributed by atoms with E-state index < -0.39 is 0 Å². The molecule has 0 aromatic carbocycles. The molecular formula is C10H20N2. The summed E-state index contributed by atoms with van der Waals surface area (Å²) in [5.41, 5.74) is 0.140. The summed E-state index contributed by atoms with van der Waals surface area (Å²) in [6, 6.07) is 0. The first-order valence-electron chi connectivity index (χ1n) is 4.87. The molecule has 0 amide bonds. The molecule has 0 aromatic heterocycles. The summed E-state index contributed by atoms with van der Waals surface area (Å²) in [6.45, 7) is 7.63. The van der Waals surface area contributed by atoms with Crippen molar-refractivity contribution in [1.29, 1.82) is 5.41 Å². The molecule has 12 heavy (non-hydrogen) atoms. The zero-order valence-corrected chi connectivity index (χ0v) is 8.48. The molecule has 1 saturated heterocycles. The predicted octanol–water partition coefficient (Wildman–Crippen LogP) is 2.64. The van der Waals surface area contributed by atoms with Crippen LogP contribution in [0.1, 0.15) is 46.5 Å². The second kappa shape index (κ2) is 3.46. The number of amidine groups is 1. The molecule has 0 spiro atoms. The monoisotopic (exact) mass is 168 g/mol. The summed E-state index contributed by atoms with van der Waals surface area (Å²) in [7, 11) is 0. The third kappa shape index (κ3) is 2.23. The summed E-state index contributed by atoms with van der Waals surface area (Å²) >= 11 is 0. The number of hydrogen-bond acceptors (Lipinski definition) is 1. The van der Waals surface area contributed by atoms with E-state index in [1.54, 1.807) is 0 Å². The topological polar surface area (TPSA) is 27.1 Å². The number of nitrogens with one attached hydrogen (secondary N) is 1. The molecule has 2 nitrogen and oxygen atoms in total. The molecule has 0 bridgehead atoms. The van der Waals surface area contributed by atoms with Gasteiger partial charge < -0.3 is 4.90 Å². The molecule has 0 atom stereocenters. The van der Waals surface area contributed by atoms with Gasteiger partial charge in [0.2, 0.25) is 0 Å².